The normalized spacial score (nSPS) is 10.8. The van der Waals surface area contributed by atoms with Crippen molar-refractivity contribution >= 4 is 40.5 Å². The molecule has 7 nitrogen and oxygen atoms in total. The molecule has 154 valence electrons. The van der Waals surface area contributed by atoms with Crippen LogP contribution in [0, 0.1) is 21.4 Å². The maximum absolute atomic E-state index is 12.2. The van der Waals surface area contributed by atoms with Gasteiger partial charge in [0.1, 0.15) is 5.75 Å². The fraction of sp³-hybridized carbons (Fsp3) is 0.0435. The molecule has 0 bridgehead atoms. The van der Waals surface area contributed by atoms with Gasteiger partial charge in [0.25, 0.3) is 11.6 Å². The molecule has 31 heavy (non-hydrogen) atoms. The first-order chi connectivity index (χ1) is 15.0. The number of halogens is 1. The molecular weight excluding hydrogens is 418 g/mol. The first-order valence-corrected chi connectivity index (χ1v) is 9.48. The number of anilines is 1. The Morgan fingerprint density at radius 2 is 1.77 bits per heavy atom. The van der Waals surface area contributed by atoms with Crippen LogP contribution >= 0.6 is 11.6 Å². The zero-order valence-electron chi connectivity index (χ0n) is 16.1. The summed E-state index contributed by atoms with van der Waals surface area (Å²) in [4.78, 5) is 22.5. The highest BCUT2D eigenvalue weighted by Gasteiger charge is 2.10. The van der Waals surface area contributed by atoms with Crippen molar-refractivity contribution in [3.05, 3.63) is 99.1 Å². The van der Waals surface area contributed by atoms with Crippen molar-refractivity contribution in [2.75, 3.05) is 11.9 Å². The molecule has 0 radical (unpaired) electrons. The SMILES string of the molecule is N#C/C(=C\c1ccccc1OCC(=O)Nc1ccccc1Cl)c1ccc([N+](=O)[O-])cc1. The number of nitro benzene ring substituents is 1. The van der Waals surface area contributed by atoms with Gasteiger partial charge in [0, 0.05) is 17.7 Å². The van der Waals surface area contributed by atoms with Gasteiger partial charge in [0.15, 0.2) is 6.61 Å². The summed E-state index contributed by atoms with van der Waals surface area (Å²) in [6.07, 6.45) is 1.60. The number of para-hydroxylation sites is 2. The average molecular weight is 434 g/mol. The third-order valence-electron chi connectivity index (χ3n) is 4.24. The quantitative estimate of drug-likeness (QED) is 0.234. The van der Waals surface area contributed by atoms with Gasteiger partial charge >= 0.3 is 0 Å². The minimum atomic E-state index is -0.504. The second-order valence-electron chi connectivity index (χ2n) is 6.33. The topological polar surface area (TPSA) is 105 Å². The monoisotopic (exact) mass is 433 g/mol. The Bertz CT molecular complexity index is 1180. The number of hydrogen-bond acceptors (Lipinski definition) is 5. The minimum absolute atomic E-state index is 0.0608. The summed E-state index contributed by atoms with van der Waals surface area (Å²) in [5, 5.41) is 23.5. The molecule has 0 atom stereocenters. The van der Waals surface area contributed by atoms with Gasteiger partial charge in [-0.25, -0.2) is 0 Å². The van der Waals surface area contributed by atoms with Crippen LogP contribution in [0.1, 0.15) is 11.1 Å². The van der Waals surface area contributed by atoms with E-state index in [-0.39, 0.29) is 18.2 Å². The van der Waals surface area contributed by atoms with Gasteiger partial charge < -0.3 is 10.1 Å². The van der Waals surface area contributed by atoms with Crippen LogP contribution in [0.2, 0.25) is 5.02 Å². The van der Waals surface area contributed by atoms with E-state index in [1.54, 1.807) is 54.6 Å². The van der Waals surface area contributed by atoms with E-state index in [1.165, 1.54) is 24.3 Å². The third kappa shape index (κ3) is 5.69. The maximum Gasteiger partial charge on any atom is 0.269 e. The summed E-state index contributed by atoms with van der Waals surface area (Å²) in [5.41, 5.74) is 1.83. The lowest BCUT2D eigenvalue weighted by Crippen LogP contribution is -2.20. The van der Waals surface area contributed by atoms with Crippen molar-refractivity contribution in [1.82, 2.24) is 0 Å². The Balaban J connectivity index is 1.76. The number of ether oxygens (including phenoxy) is 1. The zero-order valence-corrected chi connectivity index (χ0v) is 16.9. The molecule has 8 heteroatoms. The number of nitriles is 1. The summed E-state index contributed by atoms with van der Waals surface area (Å²) in [6, 6.07) is 21.6. The molecule has 0 unspecified atom stereocenters. The highest BCUT2D eigenvalue weighted by Crippen LogP contribution is 2.26. The van der Waals surface area contributed by atoms with E-state index < -0.39 is 4.92 Å². The standard InChI is InChI=1S/C23H16ClN3O4/c24-20-6-2-3-7-21(20)26-23(28)15-31-22-8-4-1-5-17(22)13-18(14-25)16-9-11-19(12-10-16)27(29)30/h1-13H,15H2,(H,26,28)/b18-13+. The van der Waals surface area contributed by atoms with Crippen LogP contribution in [-0.2, 0) is 4.79 Å². The fourth-order valence-electron chi connectivity index (χ4n) is 2.72. The van der Waals surface area contributed by atoms with Crippen LogP contribution < -0.4 is 10.1 Å². The number of nitrogens with one attached hydrogen (secondary N) is 1. The number of nitro groups is 1. The Labute approximate surface area is 183 Å². The molecule has 0 fully saturated rings. The summed E-state index contributed by atoms with van der Waals surface area (Å²) in [5.74, 6) is 0.0224. The van der Waals surface area contributed by atoms with Gasteiger partial charge in [-0.05, 0) is 42.0 Å². The number of benzene rings is 3. The van der Waals surface area contributed by atoms with E-state index >= 15 is 0 Å². The molecule has 0 aliphatic carbocycles. The Morgan fingerprint density at radius 3 is 2.45 bits per heavy atom. The van der Waals surface area contributed by atoms with Gasteiger partial charge in [0.05, 0.1) is 27.3 Å². The van der Waals surface area contributed by atoms with Crippen LogP contribution in [0.5, 0.6) is 5.75 Å². The van der Waals surface area contributed by atoms with Gasteiger partial charge in [-0.15, -0.1) is 0 Å². The van der Waals surface area contributed by atoms with Crippen molar-refractivity contribution in [2.45, 2.75) is 0 Å². The predicted molar refractivity (Wildman–Crippen MR) is 119 cm³/mol. The van der Waals surface area contributed by atoms with E-state index in [1.807, 2.05) is 0 Å². The first-order valence-electron chi connectivity index (χ1n) is 9.11. The Kier molecular flexibility index (Phi) is 6.99. The van der Waals surface area contributed by atoms with E-state index in [9.17, 15) is 20.2 Å². The van der Waals surface area contributed by atoms with Gasteiger partial charge in [-0.1, -0.05) is 41.9 Å². The largest absolute Gasteiger partial charge is 0.483 e. The molecule has 0 aliphatic heterocycles. The van der Waals surface area contributed by atoms with Crippen LogP contribution in [0.4, 0.5) is 11.4 Å². The summed E-state index contributed by atoms with van der Waals surface area (Å²) in [7, 11) is 0. The van der Waals surface area contributed by atoms with Crippen LogP contribution in [-0.4, -0.2) is 17.4 Å². The molecule has 1 amide bonds. The fourth-order valence-corrected chi connectivity index (χ4v) is 2.90. The summed E-state index contributed by atoms with van der Waals surface area (Å²) in [6.45, 7) is -0.254. The molecule has 0 heterocycles. The van der Waals surface area contributed by atoms with Crippen LogP contribution in [0.3, 0.4) is 0 Å². The number of non-ortho nitro benzene ring substituents is 1. The molecule has 0 saturated heterocycles. The Hall–Kier alpha value is -4.15. The summed E-state index contributed by atoms with van der Waals surface area (Å²) >= 11 is 6.04. The average Bonchev–Trinajstić information content (AvgIpc) is 2.78. The lowest BCUT2D eigenvalue weighted by atomic mass is 10.0. The summed E-state index contributed by atoms with van der Waals surface area (Å²) < 4.78 is 5.64. The molecule has 3 aromatic rings. The van der Waals surface area contributed by atoms with Crippen molar-refractivity contribution in [3.63, 3.8) is 0 Å². The number of allylic oxidation sites excluding steroid dienone is 1. The van der Waals surface area contributed by atoms with Crippen LogP contribution in [0.15, 0.2) is 72.8 Å². The number of rotatable bonds is 7. The Morgan fingerprint density at radius 1 is 1.10 bits per heavy atom. The smallest absolute Gasteiger partial charge is 0.269 e. The molecule has 0 saturated carbocycles. The van der Waals surface area contributed by atoms with Gasteiger partial charge in [-0.3, -0.25) is 14.9 Å². The van der Waals surface area contributed by atoms with Crippen molar-refractivity contribution in [2.24, 2.45) is 0 Å². The van der Waals surface area contributed by atoms with Crippen molar-refractivity contribution in [1.29, 1.82) is 5.26 Å². The van der Waals surface area contributed by atoms with Gasteiger partial charge in [0.2, 0.25) is 0 Å². The lowest BCUT2D eigenvalue weighted by molar-refractivity contribution is -0.384. The second-order valence-corrected chi connectivity index (χ2v) is 6.74. The number of carbonyl (C=O) groups is 1. The molecule has 3 aromatic carbocycles. The molecular formula is C23H16ClN3O4. The van der Waals surface area contributed by atoms with Crippen molar-refractivity contribution in [3.8, 4) is 11.8 Å². The highest BCUT2D eigenvalue weighted by atomic mass is 35.5. The van der Waals surface area contributed by atoms with E-state index in [0.717, 1.165) is 0 Å². The predicted octanol–water partition coefficient (Wildman–Crippen LogP) is 5.33. The van der Waals surface area contributed by atoms with E-state index in [0.29, 0.717) is 33.2 Å². The first kappa shape index (κ1) is 21.6. The maximum atomic E-state index is 12.2. The molecule has 3 rings (SSSR count). The molecule has 0 spiro atoms. The molecule has 0 aromatic heterocycles. The minimum Gasteiger partial charge on any atom is -0.483 e. The van der Waals surface area contributed by atoms with Crippen molar-refractivity contribution < 1.29 is 14.5 Å². The highest BCUT2D eigenvalue weighted by molar-refractivity contribution is 6.33. The number of hydrogen-bond donors (Lipinski definition) is 1. The molecule has 1 N–H and O–H groups in total. The van der Waals surface area contributed by atoms with Gasteiger partial charge in [-0.2, -0.15) is 5.26 Å². The van der Waals surface area contributed by atoms with E-state index in [2.05, 4.69) is 11.4 Å². The van der Waals surface area contributed by atoms with Crippen LogP contribution in [0.25, 0.3) is 11.6 Å². The van der Waals surface area contributed by atoms with E-state index in [4.69, 9.17) is 16.3 Å². The third-order valence-corrected chi connectivity index (χ3v) is 4.56. The number of carbonyl (C=O) groups excluding carboxylic acids is 1. The molecule has 0 aliphatic rings. The lowest BCUT2D eigenvalue weighted by Gasteiger charge is -2.11. The second kappa shape index (κ2) is 10.1. The number of amides is 1. The zero-order chi connectivity index (χ0) is 22.2. The number of nitrogens with zero attached hydrogens (tertiary/aromatic N) is 2.